The monoisotopic (exact) mass is 423 g/mol. The number of anilines is 3. The van der Waals surface area contributed by atoms with Crippen molar-refractivity contribution in [3.63, 3.8) is 0 Å². The summed E-state index contributed by atoms with van der Waals surface area (Å²) in [6.07, 6.45) is 3.62. The van der Waals surface area contributed by atoms with Crippen LogP contribution in [0, 0.1) is 0 Å². The van der Waals surface area contributed by atoms with E-state index in [4.69, 9.17) is 5.73 Å². The maximum Gasteiger partial charge on any atom is 0.316 e. The summed E-state index contributed by atoms with van der Waals surface area (Å²) < 4.78 is 0. The van der Waals surface area contributed by atoms with E-state index >= 15 is 0 Å². The van der Waals surface area contributed by atoms with Gasteiger partial charge in [-0.05, 0) is 61.7 Å². The van der Waals surface area contributed by atoms with Gasteiger partial charge in [-0.3, -0.25) is 9.59 Å². The molecule has 3 rings (SSSR count). The van der Waals surface area contributed by atoms with Crippen molar-refractivity contribution in [3.8, 4) is 0 Å². The minimum absolute atomic E-state index is 0.249. The van der Waals surface area contributed by atoms with Gasteiger partial charge in [-0.15, -0.1) is 0 Å². The number of nitrogens with one attached hydrogen (secondary N) is 3. The molecular weight excluding hydrogens is 394 g/mol. The number of carbonyl (C=O) groups is 3. The Balaban J connectivity index is 1.64. The van der Waals surface area contributed by atoms with Crippen LogP contribution in [0.1, 0.15) is 43.0 Å². The molecule has 0 bridgehead atoms. The first-order valence-electron chi connectivity index (χ1n) is 10.6. The number of rotatable bonds is 8. The van der Waals surface area contributed by atoms with Crippen LogP contribution >= 0.6 is 0 Å². The summed E-state index contributed by atoms with van der Waals surface area (Å²) in [4.78, 5) is 38.7. The third-order valence-electron chi connectivity index (χ3n) is 5.20. The second-order valence-electron chi connectivity index (χ2n) is 7.62. The number of nitrogens with zero attached hydrogens (tertiary/aromatic N) is 1. The fourth-order valence-electron chi connectivity index (χ4n) is 3.63. The predicted molar refractivity (Wildman–Crippen MR) is 122 cm³/mol. The van der Waals surface area contributed by atoms with Gasteiger partial charge in [-0.25, -0.2) is 4.79 Å². The molecule has 2 aromatic carbocycles. The highest BCUT2D eigenvalue weighted by atomic mass is 16.2. The molecule has 0 spiro atoms. The van der Waals surface area contributed by atoms with Crippen LogP contribution in [0.5, 0.6) is 0 Å². The van der Waals surface area contributed by atoms with Gasteiger partial charge in [0.25, 0.3) is 5.91 Å². The van der Waals surface area contributed by atoms with Gasteiger partial charge in [-0.2, -0.15) is 0 Å². The van der Waals surface area contributed by atoms with Gasteiger partial charge in [0.15, 0.2) is 0 Å². The second kappa shape index (κ2) is 10.5. The molecule has 2 aromatic rings. The van der Waals surface area contributed by atoms with Crippen LogP contribution in [0.2, 0.25) is 0 Å². The van der Waals surface area contributed by atoms with E-state index in [0.29, 0.717) is 23.4 Å². The number of hydrogen-bond acceptors (Lipinski definition) is 4. The molecule has 1 aliphatic rings. The lowest BCUT2D eigenvalue weighted by molar-refractivity contribution is -0.118. The van der Waals surface area contributed by atoms with Gasteiger partial charge < -0.3 is 26.6 Å². The van der Waals surface area contributed by atoms with Crippen LogP contribution in [0.4, 0.5) is 21.9 Å². The Morgan fingerprint density at radius 2 is 1.71 bits per heavy atom. The zero-order valence-corrected chi connectivity index (χ0v) is 17.7. The van der Waals surface area contributed by atoms with E-state index in [1.807, 2.05) is 31.2 Å². The van der Waals surface area contributed by atoms with Crippen molar-refractivity contribution in [1.29, 1.82) is 0 Å². The molecule has 164 valence electrons. The summed E-state index contributed by atoms with van der Waals surface area (Å²) in [6, 6.07) is 12.8. The molecule has 0 radical (unpaired) electrons. The first-order chi connectivity index (χ1) is 15.0. The summed E-state index contributed by atoms with van der Waals surface area (Å²) in [7, 11) is 0. The first kappa shape index (κ1) is 22.1. The predicted octanol–water partition coefficient (Wildman–Crippen LogP) is 3.31. The van der Waals surface area contributed by atoms with E-state index in [2.05, 4.69) is 20.9 Å². The van der Waals surface area contributed by atoms with Crippen LogP contribution in [-0.4, -0.2) is 37.0 Å². The van der Waals surface area contributed by atoms with Gasteiger partial charge in [0.2, 0.25) is 5.91 Å². The smallest absolute Gasteiger partial charge is 0.316 e. The lowest BCUT2D eigenvalue weighted by Gasteiger charge is -2.20. The third-order valence-corrected chi connectivity index (χ3v) is 5.20. The standard InChI is InChI=1S/C23H29N5O3/c1-2-6-20(27-21(29)16-9-11-17(12-10-16)26-23(24)31)22(30)25-18-7-5-8-19(15-18)28-13-3-4-14-28/h5,7-12,15,20H,2-4,6,13-14H2,1H3,(H,25,30)(H,27,29)(H3,24,26,31). The van der Waals surface area contributed by atoms with Crippen LogP contribution in [0.25, 0.3) is 0 Å². The van der Waals surface area contributed by atoms with E-state index in [1.165, 1.54) is 12.8 Å². The molecule has 1 unspecified atom stereocenters. The van der Waals surface area contributed by atoms with Gasteiger partial charge in [-0.1, -0.05) is 19.4 Å². The Morgan fingerprint density at radius 3 is 2.35 bits per heavy atom. The van der Waals surface area contributed by atoms with Gasteiger partial charge in [0.1, 0.15) is 6.04 Å². The molecule has 0 aromatic heterocycles. The number of nitrogens with two attached hydrogens (primary N) is 1. The highest BCUT2D eigenvalue weighted by molar-refractivity contribution is 6.01. The van der Waals surface area contributed by atoms with Crippen LogP contribution < -0.4 is 26.6 Å². The molecule has 1 atom stereocenters. The first-order valence-corrected chi connectivity index (χ1v) is 10.6. The molecule has 5 N–H and O–H groups in total. The normalized spacial score (nSPS) is 14.0. The molecule has 31 heavy (non-hydrogen) atoms. The maximum atomic E-state index is 12.9. The molecule has 1 fully saturated rings. The quantitative estimate of drug-likeness (QED) is 0.521. The number of urea groups is 1. The van der Waals surface area contributed by atoms with Crippen molar-refractivity contribution in [1.82, 2.24) is 5.32 Å². The molecule has 1 saturated heterocycles. The van der Waals surface area contributed by atoms with Crippen LogP contribution in [0.3, 0.4) is 0 Å². The van der Waals surface area contributed by atoms with Crippen molar-refractivity contribution >= 4 is 34.9 Å². The molecule has 8 heteroatoms. The minimum Gasteiger partial charge on any atom is -0.371 e. The van der Waals surface area contributed by atoms with Gasteiger partial charge in [0, 0.05) is 35.7 Å². The molecule has 4 amide bonds. The van der Waals surface area contributed by atoms with Crippen molar-refractivity contribution in [2.45, 2.75) is 38.6 Å². The fraction of sp³-hybridized carbons (Fsp3) is 0.348. The van der Waals surface area contributed by atoms with E-state index in [9.17, 15) is 14.4 Å². The molecule has 1 heterocycles. The fourth-order valence-corrected chi connectivity index (χ4v) is 3.63. The average Bonchev–Trinajstić information content (AvgIpc) is 3.28. The lowest BCUT2D eigenvalue weighted by Crippen LogP contribution is -2.43. The maximum absolute atomic E-state index is 12.9. The number of carbonyl (C=O) groups excluding carboxylic acids is 3. The lowest BCUT2D eigenvalue weighted by atomic mass is 10.1. The SMILES string of the molecule is CCCC(NC(=O)c1ccc(NC(N)=O)cc1)C(=O)Nc1cccc(N2CCCC2)c1. The minimum atomic E-state index is -0.675. The van der Waals surface area contributed by atoms with E-state index in [0.717, 1.165) is 25.2 Å². The summed E-state index contributed by atoms with van der Waals surface area (Å²) in [5.74, 6) is -0.606. The van der Waals surface area contributed by atoms with E-state index < -0.39 is 12.1 Å². The summed E-state index contributed by atoms with van der Waals surface area (Å²) >= 11 is 0. The topological polar surface area (TPSA) is 117 Å². The van der Waals surface area contributed by atoms with Crippen molar-refractivity contribution < 1.29 is 14.4 Å². The van der Waals surface area contributed by atoms with Crippen molar-refractivity contribution in [2.24, 2.45) is 5.73 Å². The molecule has 0 aliphatic carbocycles. The number of primary amides is 1. The highest BCUT2D eigenvalue weighted by Crippen LogP contribution is 2.23. The van der Waals surface area contributed by atoms with Crippen molar-refractivity contribution in [3.05, 3.63) is 54.1 Å². The van der Waals surface area contributed by atoms with E-state index in [-0.39, 0.29) is 11.8 Å². The zero-order chi connectivity index (χ0) is 22.2. The van der Waals surface area contributed by atoms with Crippen molar-refractivity contribution in [2.75, 3.05) is 28.6 Å². The van der Waals surface area contributed by atoms with Gasteiger partial charge in [0.05, 0.1) is 0 Å². The van der Waals surface area contributed by atoms with Crippen LogP contribution in [0.15, 0.2) is 48.5 Å². The summed E-state index contributed by atoms with van der Waals surface area (Å²) in [6.45, 7) is 4.02. The Kier molecular flexibility index (Phi) is 7.48. The average molecular weight is 424 g/mol. The molecule has 8 nitrogen and oxygen atoms in total. The Labute approximate surface area is 182 Å². The summed E-state index contributed by atoms with van der Waals surface area (Å²) in [5.41, 5.74) is 7.77. The molecular formula is C23H29N5O3. The largest absolute Gasteiger partial charge is 0.371 e. The molecule has 1 aliphatic heterocycles. The Bertz CT molecular complexity index is 923. The van der Waals surface area contributed by atoms with E-state index in [1.54, 1.807) is 24.3 Å². The Hall–Kier alpha value is -3.55. The van der Waals surface area contributed by atoms with Crippen LogP contribution in [-0.2, 0) is 4.79 Å². The van der Waals surface area contributed by atoms with Gasteiger partial charge >= 0.3 is 6.03 Å². The highest BCUT2D eigenvalue weighted by Gasteiger charge is 2.21. The Morgan fingerprint density at radius 1 is 1.00 bits per heavy atom. The second-order valence-corrected chi connectivity index (χ2v) is 7.62. The molecule has 0 saturated carbocycles. The number of hydrogen-bond donors (Lipinski definition) is 4. The third kappa shape index (κ3) is 6.21. The summed E-state index contributed by atoms with van der Waals surface area (Å²) in [5, 5.41) is 8.19. The zero-order valence-electron chi connectivity index (χ0n) is 17.7. The number of amides is 4. The number of benzene rings is 2.